The molecule has 1 atom stereocenters. The van der Waals surface area contributed by atoms with Crippen LogP contribution >= 0.6 is 12.4 Å². The number of halogens is 3. The van der Waals surface area contributed by atoms with E-state index in [4.69, 9.17) is 0 Å². The Labute approximate surface area is 77.3 Å². The van der Waals surface area contributed by atoms with Crippen molar-refractivity contribution in [2.75, 3.05) is 6.54 Å². The number of hydrogen-bond donors (Lipinski definition) is 1. The molecule has 2 rings (SSSR count). The third-order valence-corrected chi connectivity index (χ3v) is 2.83. The fourth-order valence-electron chi connectivity index (χ4n) is 2.50. The molecule has 0 aromatic heterocycles. The Morgan fingerprint density at radius 2 is 1.92 bits per heavy atom. The molecule has 1 aliphatic carbocycles. The number of rotatable bonds is 0. The molecule has 1 saturated carbocycles. The first-order chi connectivity index (χ1) is 5.02. The lowest BCUT2D eigenvalue weighted by atomic mass is 9.65. The average Bonchev–Trinajstić information content (AvgIpc) is 2.08. The van der Waals surface area contributed by atoms with Gasteiger partial charge in [-0.3, -0.25) is 0 Å². The molecule has 1 N–H and O–H groups in total. The minimum Gasteiger partial charge on any atom is -0.314 e. The van der Waals surface area contributed by atoms with Gasteiger partial charge in [0.15, 0.2) is 0 Å². The summed E-state index contributed by atoms with van der Waals surface area (Å²) in [6, 6.07) is 0.436. The van der Waals surface area contributed by atoms with Crippen molar-refractivity contribution in [1.82, 2.24) is 5.32 Å². The maximum absolute atomic E-state index is 12.5. The lowest BCUT2D eigenvalue weighted by Gasteiger charge is -2.44. The Morgan fingerprint density at radius 3 is 2.25 bits per heavy atom. The largest absolute Gasteiger partial charge is 0.314 e. The van der Waals surface area contributed by atoms with Crippen molar-refractivity contribution in [1.29, 1.82) is 0 Å². The Balaban J connectivity index is 0.000000720. The third kappa shape index (κ3) is 1.57. The van der Waals surface area contributed by atoms with Crippen LogP contribution in [-0.2, 0) is 0 Å². The molecule has 1 aliphatic heterocycles. The predicted octanol–water partition coefficient (Wildman–Crippen LogP) is 2.21. The van der Waals surface area contributed by atoms with Crippen LogP contribution in [0.3, 0.4) is 0 Å². The van der Waals surface area contributed by atoms with Gasteiger partial charge in [-0.1, -0.05) is 0 Å². The van der Waals surface area contributed by atoms with Gasteiger partial charge >= 0.3 is 0 Å². The lowest BCUT2D eigenvalue weighted by Crippen LogP contribution is -2.47. The summed E-state index contributed by atoms with van der Waals surface area (Å²) in [6.07, 6.45) is 1.15. The van der Waals surface area contributed by atoms with Gasteiger partial charge in [0.1, 0.15) is 0 Å². The Kier molecular flexibility index (Phi) is 2.39. The van der Waals surface area contributed by atoms with E-state index >= 15 is 0 Å². The molecule has 1 saturated heterocycles. The first-order valence-corrected chi connectivity index (χ1v) is 4.13. The van der Waals surface area contributed by atoms with E-state index < -0.39 is 5.92 Å². The molecular weight excluding hydrogens is 184 g/mol. The summed E-state index contributed by atoms with van der Waals surface area (Å²) in [4.78, 5) is 0. The fourth-order valence-corrected chi connectivity index (χ4v) is 2.50. The van der Waals surface area contributed by atoms with Crippen LogP contribution in [0, 0.1) is 5.41 Å². The van der Waals surface area contributed by atoms with Crippen LogP contribution in [0.25, 0.3) is 0 Å². The molecule has 0 aromatic rings. The van der Waals surface area contributed by atoms with Crippen molar-refractivity contribution in [3.63, 3.8) is 0 Å². The highest BCUT2D eigenvalue weighted by atomic mass is 35.5. The van der Waals surface area contributed by atoms with Gasteiger partial charge in [0.2, 0.25) is 5.92 Å². The minimum absolute atomic E-state index is 0. The van der Waals surface area contributed by atoms with Gasteiger partial charge in [0.05, 0.1) is 0 Å². The second kappa shape index (κ2) is 2.81. The van der Waals surface area contributed by atoms with Gasteiger partial charge in [0.25, 0.3) is 0 Å². The Morgan fingerprint density at radius 1 is 1.33 bits per heavy atom. The second-order valence-electron chi connectivity index (χ2n) is 4.20. The van der Waals surface area contributed by atoms with Gasteiger partial charge in [0, 0.05) is 25.4 Å². The van der Waals surface area contributed by atoms with Gasteiger partial charge < -0.3 is 5.32 Å². The zero-order valence-electron chi connectivity index (χ0n) is 7.07. The molecule has 1 heterocycles. The molecule has 1 spiro atoms. The van der Waals surface area contributed by atoms with E-state index in [0.717, 1.165) is 13.0 Å². The monoisotopic (exact) mass is 197 g/mol. The van der Waals surface area contributed by atoms with Crippen LogP contribution in [0.2, 0.25) is 0 Å². The van der Waals surface area contributed by atoms with E-state index in [1.54, 1.807) is 0 Å². The first kappa shape index (κ1) is 10.2. The quantitative estimate of drug-likeness (QED) is 0.628. The molecule has 0 amide bonds. The Hall–Kier alpha value is 0.110. The topological polar surface area (TPSA) is 12.0 Å². The zero-order valence-corrected chi connectivity index (χ0v) is 7.89. The van der Waals surface area contributed by atoms with E-state index in [0.29, 0.717) is 6.04 Å². The van der Waals surface area contributed by atoms with E-state index in [9.17, 15) is 8.78 Å². The molecule has 0 bridgehead atoms. The van der Waals surface area contributed by atoms with E-state index in [1.165, 1.54) is 0 Å². The van der Waals surface area contributed by atoms with Gasteiger partial charge in [-0.05, 0) is 18.8 Å². The number of hydrogen-bond acceptors (Lipinski definition) is 1. The van der Waals surface area contributed by atoms with Crippen molar-refractivity contribution >= 4 is 12.4 Å². The van der Waals surface area contributed by atoms with Crippen molar-refractivity contribution in [2.45, 2.75) is 38.2 Å². The molecule has 12 heavy (non-hydrogen) atoms. The van der Waals surface area contributed by atoms with E-state index in [1.807, 2.05) is 0 Å². The normalized spacial score (nSPS) is 35.8. The highest BCUT2D eigenvalue weighted by Crippen LogP contribution is 2.55. The molecule has 4 heteroatoms. The van der Waals surface area contributed by atoms with Crippen molar-refractivity contribution in [3.8, 4) is 0 Å². The average molecular weight is 198 g/mol. The maximum atomic E-state index is 12.5. The van der Waals surface area contributed by atoms with Gasteiger partial charge in [-0.15, -0.1) is 12.4 Å². The molecule has 2 fully saturated rings. The summed E-state index contributed by atoms with van der Waals surface area (Å²) in [6.45, 7) is 2.86. The van der Waals surface area contributed by atoms with Crippen molar-refractivity contribution in [3.05, 3.63) is 0 Å². The first-order valence-electron chi connectivity index (χ1n) is 4.13. The smallest absolute Gasteiger partial charge is 0.249 e. The van der Waals surface area contributed by atoms with Crippen LogP contribution in [0.4, 0.5) is 8.78 Å². The second-order valence-corrected chi connectivity index (χ2v) is 4.20. The summed E-state index contributed by atoms with van der Waals surface area (Å²) in [5.74, 6) is -2.36. The van der Waals surface area contributed by atoms with E-state index in [-0.39, 0.29) is 30.7 Å². The van der Waals surface area contributed by atoms with Crippen molar-refractivity contribution < 1.29 is 8.78 Å². The minimum atomic E-state index is -2.36. The van der Waals surface area contributed by atoms with Crippen LogP contribution in [0.5, 0.6) is 0 Å². The third-order valence-electron chi connectivity index (χ3n) is 2.83. The van der Waals surface area contributed by atoms with E-state index in [2.05, 4.69) is 12.2 Å². The molecule has 1 nitrogen and oxygen atoms in total. The van der Waals surface area contributed by atoms with Crippen LogP contribution < -0.4 is 5.32 Å². The van der Waals surface area contributed by atoms with Gasteiger partial charge in [-0.25, -0.2) is 8.78 Å². The molecular formula is C8H14ClF2N. The summed E-state index contributed by atoms with van der Waals surface area (Å²) >= 11 is 0. The van der Waals surface area contributed by atoms with Crippen LogP contribution in [0.1, 0.15) is 26.2 Å². The summed E-state index contributed by atoms with van der Waals surface area (Å²) in [5.41, 5.74) is -0.0388. The highest BCUT2D eigenvalue weighted by molar-refractivity contribution is 5.85. The highest BCUT2D eigenvalue weighted by Gasteiger charge is 2.58. The zero-order chi connectivity index (χ0) is 8.11. The lowest BCUT2D eigenvalue weighted by molar-refractivity contribution is -0.153. The summed E-state index contributed by atoms with van der Waals surface area (Å²) < 4.78 is 25.1. The predicted molar refractivity (Wildman–Crippen MR) is 45.9 cm³/mol. The maximum Gasteiger partial charge on any atom is 0.249 e. The SMILES string of the molecule is C[C@@H]1CC2(CN1)CC(F)(F)C2.Cl. The van der Waals surface area contributed by atoms with Crippen molar-refractivity contribution in [2.24, 2.45) is 5.41 Å². The molecule has 2 aliphatic rings. The fraction of sp³-hybridized carbons (Fsp3) is 1.00. The number of alkyl halides is 2. The van der Waals surface area contributed by atoms with Gasteiger partial charge in [-0.2, -0.15) is 0 Å². The summed E-state index contributed by atoms with van der Waals surface area (Å²) in [7, 11) is 0. The Bertz CT molecular complexity index is 176. The molecule has 0 radical (unpaired) electrons. The van der Waals surface area contributed by atoms with Crippen LogP contribution in [0.15, 0.2) is 0 Å². The molecule has 0 aromatic carbocycles. The summed E-state index contributed by atoms with van der Waals surface area (Å²) in [5, 5.41) is 3.22. The number of nitrogens with one attached hydrogen (secondary N) is 1. The molecule has 72 valence electrons. The standard InChI is InChI=1S/C8H13F2N.ClH/c1-6-2-7(5-11-6)3-8(9,10)4-7;/h6,11H,2-5H2,1H3;1H/t6-;/m1./s1. The molecule has 0 unspecified atom stereocenters. The van der Waals surface area contributed by atoms with Crippen LogP contribution in [-0.4, -0.2) is 18.5 Å².